The van der Waals surface area contributed by atoms with Crippen molar-refractivity contribution < 1.29 is 0 Å². The van der Waals surface area contributed by atoms with Crippen LogP contribution in [-0.4, -0.2) is 7.05 Å². The first kappa shape index (κ1) is 13.9. The highest BCUT2D eigenvalue weighted by molar-refractivity contribution is 9.10. The van der Waals surface area contributed by atoms with E-state index in [2.05, 4.69) is 26.9 Å². The third-order valence-corrected chi connectivity index (χ3v) is 3.90. The number of anilines is 1. The Morgan fingerprint density at radius 1 is 1.26 bits per heavy atom. The summed E-state index contributed by atoms with van der Waals surface area (Å²) in [7, 11) is 2.00. The lowest BCUT2D eigenvalue weighted by Gasteiger charge is -2.20. The summed E-state index contributed by atoms with van der Waals surface area (Å²) in [5.41, 5.74) is 2.74. The van der Waals surface area contributed by atoms with Crippen molar-refractivity contribution in [2.75, 3.05) is 11.9 Å². The molecule has 2 aromatic carbocycles. The Kier molecular flexibility index (Phi) is 4.47. The van der Waals surface area contributed by atoms with Gasteiger partial charge >= 0.3 is 0 Å². The molecule has 0 N–H and O–H groups in total. The van der Waals surface area contributed by atoms with Crippen molar-refractivity contribution in [3.8, 4) is 6.07 Å². The van der Waals surface area contributed by atoms with E-state index in [1.54, 1.807) is 0 Å². The first-order valence-corrected chi connectivity index (χ1v) is 6.93. The van der Waals surface area contributed by atoms with E-state index in [-0.39, 0.29) is 0 Å². The quantitative estimate of drug-likeness (QED) is 0.819. The van der Waals surface area contributed by atoms with Crippen molar-refractivity contribution in [3.05, 3.63) is 63.1 Å². The average Bonchev–Trinajstić information content (AvgIpc) is 2.41. The van der Waals surface area contributed by atoms with Gasteiger partial charge in [0, 0.05) is 28.8 Å². The largest absolute Gasteiger partial charge is 0.370 e. The van der Waals surface area contributed by atoms with Crippen LogP contribution in [0.15, 0.2) is 46.9 Å². The molecule has 0 radical (unpaired) electrons. The number of nitrogens with zero attached hydrogens (tertiary/aromatic N) is 2. The smallest absolute Gasteiger partial charge is 0.100 e. The van der Waals surface area contributed by atoms with Gasteiger partial charge in [-0.25, -0.2) is 0 Å². The summed E-state index contributed by atoms with van der Waals surface area (Å²) in [5.74, 6) is 0. The maximum absolute atomic E-state index is 8.91. The lowest BCUT2D eigenvalue weighted by Crippen LogP contribution is -2.16. The summed E-state index contributed by atoms with van der Waals surface area (Å²) in [4.78, 5) is 2.09. The van der Waals surface area contributed by atoms with Gasteiger partial charge < -0.3 is 4.90 Å². The van der Waals surface area contributed by atoms with Crippen LogP contribution < -0.4 is 4.90 Å². The fraction of sp³-hybridized carbons (Fsp3) is 0.133. The molecular formula is C15H12BrClN2. The average molecular weight is 336 g/mol. The predicted octanol–water partition coefficient (Wildman–Crippen LogP) is 4.61. The van der Waals surface area contributed by atoms with Gasteiger partial charge in [-0.2, -0.15) is 5.26 Å². The highest BCUT2D eigenvalue weighted by atomic mass is 79.9. The summed E-state index contributed by atoms with van der Waals surface area (Å²) < 4.78 is 0.804. The molecule has 96 valence electrons. The number of nitriles is 1. The van der Waals surface area contributed by atoms with E-state index in [4.69, 9.17) is 16.9 Å². The van der Waals surface area contributed by atoms with E-state index in [0.29, 0.717) is 5.56 Å². The Hall–Kier alpha value is -1.50. The van der Waals surface area contributed by atoms with E-state index >= 15 is 0 Å². The predicted molar refractivity (Wildman–Crippen MR) is 82.4 cm³/mol. The van der Waals surface area contributed by atoms with Crippen LogP contribution in [0.4, 0.5) is 5.69 Å². The number of halogens is 2. The van der Waals surface area contributed by atoms with Crippen LogP contribution in [0, 0.1) is 11.3 Å². The molecule has 19 heavy (non-hydrogen) atoms. The zero-order chi connectivity index (χ0) is 13.8. The van der Waals surface area contributed by atoms with Crippen molar-refractivity contribution in [3.63, 3.8) is 0 Å². The number of benzene rings is 2. The molecule has 2 nitrogen and oxygen atoms in total. The van der Waals surface area contributed by atoms with E-state index in [1.807, 2.05) is 49.5 Å². The molecule has 0 atom stereocenters. The zero-order valence-corrected chi connectivity index (χ0v) is 12.7. The Morgan fingerprint density at radius 3 is 2.63 bits per heavy atom. The van der Waals surface area contributed by atoms with Crippen LogP contribution in [0.5, 0.6) is 0 Å². The molecular weight excluding hydrogens is 324 g/mol. The molecule has 4 heteroatoms. The van der Waals surface area contributed by atoms with Crippen LogP contribution in [0.1, 0.15) is 11.1 Å². The third kappa shape index (κ3) is 3.28. The highest BCUT2D eigenvalue weighted by Gasteiger charge is 2.07. The van der Waals surface area contributed by atoms with Gasteiger partial charge in [-0.1, -0.05) is 29.8 Å². The Labute approximate surface area is 126 Å². The van der Waals surface area contributed by atoms with Gasteiger partial charge in [0.25, 0.3) is 0 Å². The molecule has 0 saturated heterocycles. The van der Waals surface area contributed by atoms with Gasteiger partial charge in [-0.15, -0.1) is 0 Å². The summed E-state index contributed by atoms with van der Waals surface area (Å²) >= 11 is 9.56. The third-order valence-electron chi connectivity index (χ3n) is 2.88. The molecule has 0 bridgehead atoms. The molecule has 0 spiro atoms. The molecule has 0 amide bonds. The summed E-state index contributed by atoms with van der Waals surface area (Å²) in [6, 6.07) is 15.6. The van der Waals surface area contributed by atoms with Crippen molar-refractivity contribution >= 4 is 33.2 Å². The molecule has 0 unspecified atom stereocenters. The zero-order valence-electron chi connectivity index (χ0n) is 10.4. The molecule has 2 aromatic rings. The second kappa shape index (κ2) is 6.10. The molecule has 2 rings (SSSR count). The van der Waals surface area contributed by atoms with Crippen LogP contribution in [0.25, 0.3) is 0 Å². The number of rotatable bonds is 3. The van der Waals surface area contributed by atoms with E-state index in [9.17, 15) is 0 Å². The summed E-state index contributed by atoms with van der Waals surface area (Å²) in [6.07, 6.45) is 0. The Bertz CT molecular complexity index is 634. The first-order chi connectivity index (χ1) is 9.11. The minimum atomic E-state index is 0.634. The van der Waals surface area contributed by atoms with Gasteiger partial charge in [-0.05, 0) is 45.8 Å². The monoisotopic (exact) mass is 334 g/mol. The SMILES string of the molecule is CN(Cc1ccccc1Cl)c1ccc(C#N)c(Br)c1. The van der Waals surface area contributed by atoms with Crippen molar-refractivity contribution in [2.24, 2.45) is 0 Å². The Morgan fingerprint density at radius 2 is 2.00 bits per heavy atom. The summed E-state index contributed by atoms with van der Waals surface area (Å²) in [5, 5.41) is 9.67. The number of hydrogen-bond acceptors (Lipinski definition) is 2. The molecule has 0 aliphatic heterocycles. The minimum Gasteiger partial charge on any atom is -0.370 e. The maximum atomic E-state index is 8.91. The standard InChI is InChI=1S/C15H12BrClN2/c1-19(10-12-4-2-3-5-15(12)17)13-7-6-11(9-18)14(16)8-13/h2-8H,10H2,1H3. The maximum Gasteiger partial charge on any atom is 0.100 e. The van der Waals surface area contributed by atoms with Gasteiger partial charge in [0.15, 0.2) is 0 Å². The van der Waals surface area contributed by atoms with Crippen LogP contribution in [0.3, 0.4) is 0 Å². The van der Waals surface area contributed by atoms with E-state index in [0.717, 1.165) is 27.3 Å². The van der Waals surface area contributed by atoms with Crippen LogP contribution in [-0.2, 0) is 6.54 Å². The lowest BCUT2D eigenvalue weighted by atomic mass is 10.2. The minimum absolute atomic E-state index is 0.634. The van der Waals surface area contributed by atoms with Crippen molar-refractivity contribution in [1.29, 1.82) is 5.26 Å². The molecule has 0 aromatic heterocycles. The van der Waals surface area contributed by atoms with Crippen LogP contribution in [0.2, 0.25) is 5.02 Å². The molecule has 0 aliphatic rings. The van der Waals surface area contributed by atoms with Gasteiger partial charge in [0.1, 0.15) is 6.07 Å². The Balaban J connectivity index is 2.21. The molecule has 0 heterocycles. The summed E-state index contributed by atoms with van der Waals surface area (Å²) in [6.45, 7) is 0.720. The van der Waals surface area contributed by atoms with E-state index < -0.39 is 0 Å². The second-order valence-electron chi connectivity index (χ2n) is 4.22. The lowest BCUT2D eigenvalue weighted by molar-refractivity contribution is 0.922. The van der Waals surface area contributed by atoms with E-state index in [1.165, 1.54) is 0 Å². The highest BCUT2D eigenvalue weighted by Crippen LogP contribution is 2.25. The van der Waals surface area contributed by atoms with Crippen LogP contribution >= 0.6 is 27.5 Å². The fourth-order valence-corrected chi connectivity index (χ4v) is 2.46. The molecule has 0 aliphatic carbocycles. The molecule has 0 saturated carbocycles. The number of hydrogen-bond donors (Lipinski definition) is 0. The van der Waals surface area contributed by atoms with Gasteiger partial charge in [0.2, 0.25) is 0 Å². The van der Waals surface area contributed by atoms with Crippen molar-refractivity contribution in [1.82, 2.24) is 0 Å². The van der Waals surface area contributed by atoms with Gasteiger partial charge in [-0.3, -0.25) is 0 Å². The molecule has 0 fully saturated rings. The fourth-order valence-electron chi connectivity index (χ4n) is 1.81. The topological polar surface area (TPSA) is 27.0 Å². The normalized spacial score (nSPS) is 10.0. The second-order valence-corrected chi connectivity index (χ2v) is 5.48. The van der Waals surface area contributed by atoms with Gasteiger partial charge in [0.05, 0.1) is 5.56 Å². The van der Waals surface area contributed by atoms with Crippen molar-refractivity contribution in [2.45, 2.75) is 6.54 Å². The first-order valence-electron chi connectivity index (χ1n) is 5.76.